The van der Waals surface area contributed by atoms with Gasteiger partial charge in [0.1, 0.15) is 6.20 Å². The van der Waals surface area contributed by atoms with E-state index in [1.54, 1.807) is 0 Å². The van der Waals surface area contributed by atoms with Gasteiger partial charge in [0.05, 0.1) is 5.39 Å². The maximum absolute atomic E-state index is 10.5. The molecular formula is C9H7N2O2+. The summed E-state index contributed by atoms with van der Waals surface area (Å²) in [5.41, 5.74) is 0. The van der Waals surface area contributed by atoms with E-state index in [0.29, 0.717) is 0 Å². The van der Waals surface area contributed by atoms with Gasteiger partial charge in [-0.05, 0) is 6.07 Å². The van der Waals surface area contributed by atoms with E-state index in [0.717, 1.165) is 15.5 Å². The monoisotopic (exact) mass is 175 g/mol. The molecule has 1 N–H and O–H groups in total. The molecule has 0 unspecified atom stereocenters. The van der Waals surface area contributed by atoms with Gasteiger partial charge in [-0.1, -0.05) is 18.2 Å². The standard InChI is InChI=1S/C9H6N2O2/c12-9(13)11-6-8-4-2-1-3-7(8)5-10-11/h1-6H/p+1. The molecule has 0 amide bonds. The van der Waals surface area contributed by atoms with Gasteiger partial charge in [0.2, 0.25) is 6.20 Å². The van der Waals surface area contributed by atoms with E-state index in [1.807, 2.05) is 24.3 Å². The second-order valence-corrected chi connectivity index (χ2v) is 2.63. The molecule has 0 radical (unpaired) electrons. The van der Waals surface area contributed by atoms with Crippen molar-refractivity contribution in [3.8, 4) is 0 Å². The number of hydrogen-bond donors (Lipinski definition) is 1. The summed E-state index contributed by atoms with van der Waals surface area (Å²) in [5.74, 6) is 0. The van der Waals surface area contributed by atoms with Crippen LogP contribution in [0.15, 0.2) is 36.7 Å². The molecular weight excluding hydrogens is 168 g/mol. The number of fused-ring (bicyclic) bond motifs is 1. The van der Waals surface area contributed by atoms with Gasteiger partial charge < -0.3 is 5.11 Å². The van der Waals surface area contributed by atoms with Crippen LogP contribution in [0.25, 0.3) is 10.8 Å². The molecule has 64 valence electrons. The summed E-state index contributed by atoms with van der Waals surface area (Å²) < 4.78 is 0.891. The third kappa shape index (κ3) is 1.33. The van der Waals surface area contributed by atoms with Gasteiger partial charge in [0, 0.05) is 15.2 Å². The fourth-order valence-electron chi connectivity index (χ4n) is 1.14. The molecule has 1 aromatic carbocycles. The minimum absolute atomic E-state index is 0.861. The summed E-state index contributed by atoms with van der Waals surface area (Å²) in [6, 6.07) is 7.47. The molecule has 0 fully saturated rings. The minimum Gasteiger partial charge on any atom is -0.425 e. The lowest BCUT2D eigenvalue weighted by Gasteiger charge is -1.91. The van der Waals surface area contributed by atoms with Crippen LogP contribution in [0.3, 0.4) is 0 Å². The van der Waals surface area contributed by atoms with Crippen LogP contribution in [0.2, 0.25) is 0 Å². The Morgan fingerprint density at radius 1 is 1.31 bits per heavy atom. The van der Waals surface area contributed by atoms with Crippen LogP contribution in [0.5, 0.6) is 0 Å². The molecule has 0 saturated heterocycles. The van der Waals surface area contributed by atoms with Crippen molar-refractivity contribution in [2.45, 2.75) is 0 Å². The van der Waals surface area contributed by atoms with Crippen LogP contribution in [-0.2, 0) is 0 Å². The molecule has 0 atom stereocenters. The maximum Gasteiger partial charge on any atom is 0.625 e. The minimum atomic E-state index is -1.08. The van der Waals surface area contributed by atoms with Gasteiger partial charge in [0.25, 0.3) is 0 Å². The topological polar surface area (TPSA) is 54.1 Å². The smallest absolute Gasteiger partial charge is 0.425 e. The van der Waals surface area contributed by atoms with Crippen LogP contribution in [0, 0.1) is 0 Å². The molecule has 0 spiro atoms. The van der Waals surface area contributed by atoms with Gasteiger partial charge in [-0.2, -0.15) is 4.79 Å². The second kappa shape index (κ2) is 2.82. The van der Waals surface area contributed by atoms with Gasteiger partial charge in [0.15, 0.2) is 0 Å². The summed E-state index contributed by atoms with van der Waals surface area (Å²) in [7, 11) is 0. The molecule has 13 heavy (non-hydrogen) atoms. The van der Waals surface area contributed by atoms with Crippen molar-refractivity contribution in [3.05, 3.63) is 36.7 Å². The molecule has 2 aromatic rings. The van der Waals surface area contributed by atoms with E-state index in [4.69, 9.17) is 5.11 Å². The van der Waals surface area contributed by atoms with Crippen molar-refractivity contribution in [1.29, 1.82) is 0 Å². The molecule has 0 saturated carbocycles. The number of carboxylic acid groups (broad SMARTS) is 1. The van der Waals surface area contributed by atoms with E-state index >= 15 is 0 Å². The molecule has 1 aromatic heterocycles. The average Bonchev–Trinajstić information content (AvgIpc) is 2.17. The molecule has 0 aliphatic carbocycles. The fourth-order valence-corrected chi connectivity index (χ4v) is 1.14. The van der Waals surface area contributed by atoms with Crippen LogP contribution in [0.4, 0.5) is 4.79 Å². The first-order valence-electron chi connectivity index (χ1n) is 3.77. The van der Waals surface area contributed by atoms with Crippen molar-refractivity contribution in [3.63, 3.8) is 0 Å². The first-order chi connectivity index (χ1) is 6.27. The number of benzene rings is 1. The number of nitrogens with zero attached hydrogens (tertiary/aromatic N) is 2. The Hall–Kier alpha value is -1.97. The second-order valence-electron chi connectivity index (χ2n) is 2.63. The predicted octanol–water partition coefficient (Wildman–Crippen LogP) is 1.05. The van der Waals surface area contributed by atoms with Crippen molar-refractivity contribution in [2.24, 2.45) is 0 Å². The van der Waals surface area contributed by atoms with Crippen molar-refractivity contribution >= 4 is 16.9 Å². The van der Waals surface area contributed by atoms with Crippen LogP contribution < -0.4 is 4.68 Å². The summed E-state index contributed by atoms with van der Waals surface area (Å²) >= 11 is 0. The third-order valence-corrected chi connectivity index (χ3v) is 1.77. The highest BCUT2D eigenvalue weighted by molar-refractivity contribution is 5.80. The fraction of sp³-hybridized carbons (Fsp3) is 0. The largest absolute Gasteiger partial charge is 0.625 e. The molecule has 4 nitrogen and oxygen atoms in total. The van der Waals surface area contributed by atoms with E-state index < -0.39 is 6.09 Å². The predicted molar refractivity (Wildman–Crippen MR) is 45.4 cm³/mol. The van der Waals surface area contributed by atoms with Gasteiger partial charge in [-0.25, -0.2) is 0 Å². The first-order valence-corrected chi connectivity index (χ1v) is 3.77. The lowest BCUT2D eigenvalue weighted by atomic mass is 10.2. The molecule has 0 aliphatic heterocycles. The number of carbonyl (C=O) groups is 1. The Kier molecular flexibility index (Phi) is 1.66. The van der Waals surface area contributed by atoms with Gasteiger partial charge in [-0.15, -0.1) is 0 Å². The zero-order valence-electron chi connectivity index (χ0n) is 6.71. The molecule has 2 rings (SSSR count). The Morgan fingerprint density at radius 3 is 2.69 bits per heavy atom. The molecule has 1 heterocycles. The zero-order chi connectivity index (χ0) is 9.26. The highest BCUT2D eigenvalue weighted by Crippen LogP contribution is 2.07. The third-order valence-electron chi connectivity index (χ3n) is 1.77. The van der Waals surface area contributed by atoms with Crippen LogP contribution in [-0.4, -0.2) is 16.3 Å². The molecule has 0 bridgehead atoms. The van der Waals surface area contributed by atoms with E-state index in [-0.39, 0.29) is 0 Å². The van der Waals surface area contributed by atoms with E-state index in [1.165, 1.54) is 12.4 Å². The summed E-state index contributed by atoms with van der Waals surface area (Å²) in [6.45, 7) is 0. The highest BCUT2D eigenvalue weighted by atomic mass is 16.4. The Morgan fingerprint density at radius 2 is 2.00 bits per heavy atom. The summed E-state index contributed by atoms with van der Waals surface area (Å²) in [6.07, 6.45) is 1.94. The Balaban J connectivity index is 2.69. The summed E-state index contributed by atoms with van der Waals surface area (Å²) in [4.78, 5) is 10.5. The molecule has 4 heteroatoms. The van der Waals surface area contributed by atoms with E-state index in [9.17, 15) is 4.79 Å². The summed E-state index contributed by atoms with van der Waals surface area (Å²) in [5, 5.41) is 14.2. The lowest BCUT2D eigenvalue weighted by Crippen LogP contribution is -2.44. The number of rotatable bonds is 0. The SMILES string of the molecule is O=C(O)[n+]1cc2ccccc2cn1. The van der Waals surface area contributed by atoms with E-state index in [2.05, 4.69) is 5.10 Å². The normalized spacial score (nSPS) is 10.2. The van der Waals surface area contributed by atoms with Crippen LogP contribution in [0.1, 0.15) is 0 Å². The molecule has 0 aliphatic rings. The number of hydrogen-bond acceptors (Lipinski definition) is 2. The maximum atomic E-state index is 10.5. The lowest BCUT2D eigenvalue weighted by molar-refractivity contribution is -0.645. The Labute approximate surface area is 74.1 Å². The zero-order valence-corrected chi connectivity index (χ0v) is 6.71. The van der Waals surface area contributed by atoms with Crippen molar-refractivity contribution < 1.29 is 14.6 Å². The quantitative estimate of drug-likeness (QED) is 0.609. The average molecular weight is 175 g/mol. The van der Waals surface area contributed by atoms with Crippen molar-refractivity contribution in [2.75, 3.05) is 0 Å². The van der Waals surface area contributed by atoms with Gasteiger partial charge >= 0.3 is 6.09 Å². The van der Waals surface area contributed by atoms with Gasteiger partial charge in [-0.3, -0.25) is 0 Å². The highest BCUT2D eigenvalue weighted by Gasteiger charge is 2.13. The van der Waals surface area contributed by atoms with Crippen molar-refractivity contribution in [1.82, 2.24) is 5.10 Å². The van der Waals surface area contributed by atoms with Crippen LogP contribution >= 0.6 is 0 Å². The Bertz CT molecular complexity index is 468. The number of aromatic nitrogens is 2. The first kappa shape index (κ1) is 7.67.